The predicted molar refractivity (Wildman–Crippen MR) is 77.7 cm³/mol. The molecule has 0 heterocycles. The highest BCUT2D eigenvalue weighted by Gasteiger charge is 2.26. The Kier molecular flexibility index (Phi) is 3.20. The normalized spacial score (nSPS) is 18.2. The third-order valence-electron chi connectivity index (χ3n) is 4.10. The Morgan fingerprint density at radius 3 is 2.37 bits per heavy atom. The summed E-state index contributed by atoms with van der Waals surface area (Å²) in [6.07, 6.45) is 2.84. The molecule has 19 heavy (non-hydrogen) atoms. The minimum absolute atomic E-state index is 0.0117. The van der Waals surface area contributed by atoms with Crippen molar-refractivity contribution in [1.29, 1.82) is 0 Å². The van der Waals surface area contributed by atoms with Crippen molar-refractivity contribution in [2.45, 2.75) is 32.1 Å². The molecular formula is C18H18O. The molecule has 2 aromatic rings. The Labute approximate surface area is 114 Å². The average molecular weight is 250 g/mol. The van der Waals surface area contributed by atoms with E-state index in [9.17, 15) is 4.79 Å². The number of rotatable bonds is 1. The first kappa shape index (κ1) is 12.2. The quantitative estimate of drug-likeness (QED) is 0.742. The van der Waals surface area contributed by atoms with E-state index in [0.717, 1.165) is 24.8 Å². The largest absolute Gasteiger partial charge is 0.293 e. The minimum Gasteiger partial charge on any atom is -0.293 e. The van der Waals surface area contributed by atoms with Gasteiger partial charge in [0.15, 0.2) is 5.78 Å². The first-order valence-electron chi connectivity index (χ1n) is 7.01. The van der Waals surface area contributed by atoms with Crippen LogP contribution in [0.25, 0.3) is 0 Å². The molecule has 0 aliphatic heterocycles. The smallest absolute Gasteiger partial charge is 0.170 e. The second kappa shape index (κ2) is 5.00. The molecule has 96 valence electrons. The van der Waals surface area contributed by atoms with E-state index >= 15 is 0 Å². The van der Waals surface area contributed by atoms with Crippen LogP contribution in [0, 0.1) is 0 Å². The number of carbonyl (C=O) groups excluding carboxylic acids is 1. The lowest BCUT2D eigenvalue weighted by Crippen LogP contribution is -2.18. The van der Waals surface area contributed by atoms with Crippen molar-refractivity contribution >= 4 is 5.78 Å². The monoisotopic (exact) mass is 250 g/mol. The number of carbonyl (C=O) groups is 1. The molecule has 0 N–H and O–H groups in total. The Morgan fingerprint density at radius 1 is 0.947 bits per heavy atom. The Balaban J connectivity index is 2.15. The highest BCUT2D eigenvalue weighted by molar-refractivity contribution is 6.02. The van der Waals surface area contributed by atoms with Gasteiger partial charge >= 0.3 is 0 Å². The van der Waals surface area contributed by atoms with Crippen LogP contribution in [0.15, 0.2) is 48.5 Å². The second-order valence-electron chi connectivity index (χ2n) is 5.18. The fourth-order valence-corrected chi connectivity index (χ4v) is 3.08. The van der Waals surface area contributed by atoms with Crippen molar-refractivity contribution in [3.63, 3.8) is 0 Å². The van der Waals surface area contributed by atoms with Crippen molar-refractivity contribution in [1.82, 2.24) is 0 Å². The van der Waals surface area contributed by atoms with E-state index < -0.39 is 0 Å². The molecule has 1 aliphatic carbocycles. The first-order chi connectivity index (χ1) is 9.31. The Bertz CT molecular complexity index is 613. The van der Waals surface area contributed by atoms with Crippen molar-refractivity contribution in [2.75, 3.05) is 0 Å². The number of aryl methyl sites for hydroxylation is 2. The third kappa shape index (κ3) is 2.10. The van der Waals surface area contributed by atoms with Gasteiger partial charge in [-0.05, 0) is 36.0 Å². The summed E-state index contributed by atoms with van der Waals surface area (Å²) in [6.45, 7) is 2.10. The van der Waals surface area contributed by atoms with Crippen molar-refractivity contribution < 1.29 is 4.79 Å². The summed E-state index contributed by atoms with van der Waals surface area (Å²) in [5.74, 6) is 0.294. The average Bonchev–Trinajstić information content (AvgIpc) is 2.46. The van der Waals surface area contributed by atoms with Crippen LogP contribution in [0.4, 0.5) is 0 Å². The highest BCUT2D eigenvalue weighted by Crippen LogP contribution is 2.31. The summed E-state index contributed by atoms with van der Waals surface area (Å²) in [6, 6.07) is 16.5. The zero-order chi connectivity index (χ0) is 13.2. The zero-order valence-electron chi connectivity index (χ0n) is 11.2. The molecule has 0 spiro atoms. The summed E-state index contributed by atoms with van der Waals surface area (Å²) >= 11 is 0. The summed E-state index contributed by atoms with van der Waals surface area (Å²) in [7, 11) is 0. The number of fused-ring (bicyclic) bond motifs is 2. The molecular weight excluding hydrogens is 232 g/mol. The predicted octanol–water partition coefficient (Wildman–Crippen LogP) is 4.16. The maximum Gasteiger partial charge on any atom is 0.170 e. The van der Waals surface area contributed by atoms with Crippen LogP contribution in [0.1, 0.15) is 46.3 Å². The van der Waals surface area contributed by atoms with Gasteiger partial charge in [0.25, 0.3) is 0 Å². The van der Waals surface area contributed by atoms with Crippen molar-refractivity contribution in [2.24, 2.45) is 0 Å². The summed E-state index contributed by atoms with van der Waals surface area (Å²) in [4.78, 5) is 12.8. The van der Waals surface area contributed by atoms with Crippen LogP contribution in [0.3, 0.4) is 0 Å². The molecule has 0 amide bonds. The van der Waals surface area contributed by atoms with Gasteiger partial charge < -0.3 is 0 Å². The highest BCUT2D eigenvalue weighted by atomic mass is 16.1. The van der Waals surface area contributed by atoms with E-state index in [4.69, 9.17) is 0 Å². The van der Waals surface area contributed by atoms with E-state index in [1.165, 1.54) is 16.7 Å². The van der Waals surface area contributed by atoms with E-state index in [-0.39, 0.29) is 11.7 Å². The second-order valence-corrected chi connectivity index (χ2v) is 5.18. The SMILES string of the molecule is CCC1C(=O)c2ccccc2CCc2ccccc21. The molecule has 1 aliphatic rings. The molecule has 1 atom stereocenters. The lowest BCUT2D eigenvalue weighted by Gasteiger charge is -2.22. The van der Waals surface area contributed by atoms with Gasteiger partial charge in [-0.3, -0.25) is 4.79 Å². The van der Waals surface area contributed by atoms with Gasteiger partial charge in [0.05, 0.1) is 0 Å². The van der Waals surface area contributed by atoms with Crippen LogP contribution in [0.2, 0.25) is 0 Å². The fraction of sp³-hybridized carbons (Fsp3) is 0.278. The molecule has 3 rings (SSSR count). The Morgan fingerprint density at radius 2 is 1.58 bits per heavy atom. The molecule has 0 fully saturated rings. The van der Waals surface area contributed by atoms with Gasteiger partial charge in [-0.15, -0.1) is 0 Å². The van der Waals surface area contributed by atoms with Gasteiger partial charge in [0.2, 0.25) is 0 Å². The van der Waals surface area contributed by atoms with Crippen molar-refractivity contribution in [3.8, 4) is 0 Å². The number of hydrogen-bond acceptors (Lipinski definition) is 1. The van der Waals surface area contributed by atoms with Gasteiger partial charge in [-0.2, -0.15) is 0 Å². The van der Waals surface area contributed by atoms with Crippen LogP contribution < -0.4 is 0 Å². The number of ketones is 1. The lowest BCUT2D eigenvalue weighted by atomic mass is 9.80. The molecule has 1 heteroatoms. The third-order valence-corrected chi connectivity index (χ3v) is 4.10. The fourth-order valence-electron chi connectivity index (χ4n) is 3.08. The maximum absolute atomic E-state index is 12.8. The molecule has 1 unspecified atom stereocenters. The topological polar surface area (TPSA) is 17.1 Å². The summed E-state index contributed by atoms with van der Waals surface area (Å²) in [5.41, 5.74) is 4.67. The molecule has 0 bridgehead atoms. The van der Waals surface area contributed by atoms with Gasteiger partial charge in [0.1, 0.15) is 0 Å². The molecule has 0 saturated heterocycles. The molecule has 2 aromatic carbocycles. The standard InChI is InChI=1S/C18H18O/c1-2-15-16-9-5-3-7-13(16)11-12-14-8-4-6-10-17(14)18(15)19/h3-10,15H,2,11-12H2,1H3. The maximum atomic E-state index is 12.8. The van der Waals surface area contributed by atoms with Gasteiger partial charge in [-0.25, -0.2) is 0 Å². The molecule has 1 nitrogen and oxygen atoms in total. The lowest BCUT2D eigenvalue weighted by molar-refractivity contribution is 0.0955. The van der Waals surface area contributed by atoms with Gasteiger partial charge in [0, 0.05) is 11.5 Å². The number of Topliss-reactive ketones (excluding diaryl/α,β-unsaturated/α-hetero) is 1. The number of hydrogen-bond donors (Lipinski definition) is 0. The molecule has 0 saturated carbocycles. The summed E-state index contributed by atoms with van der Waals surface area (Å²) in [5, 5.41) is 0. The number of benzene rings is 2. The summed E-state index contributed by atoms with van der Waals surface area (Å²) < 4.78 is 0. The Hall–Kier alpha value is -1.89. The zero-order valence-corrected chi connectivity index (χ0v) is 11.2. The van der Waals surface area contributed by atoms with E-state index in [2.05, 4.69) is 31.2 Å². The molecule has 0 aromatic heterocycles. The first-order valence-corrected chi connectivity index (χ1v) is 7.01. The van der Waals surface area contributed by atoms with Crippen LogP contribution in [-0.4, -0.2) is 5.78 Å². The minimum atomic E-state index is 0.0117. The van der Waals surface area contributed by atoms with Crippen LogP contribution in [-0.2, 0) is 12.8 Å². The van der Waals surface area contributed by atoms with Crippen molar-refractivity contribution in [3.05, 3.63) is 70.8 Å². The molecule has 0 radical (unpaired) electrons. The van der Waals surface area contributed by atoms with Crippen LogP contribution in [0.5, 0.6) is 0 Å². The van der Waals surface area contributed by atoms with Gasteiger partial charge in [-0.1, -0.05) is 55.5 Å². The van der Waals surface area contributed by atoms with E-state index in [1.54, 1.807) is 0 Å². The van der Waals surface area contributed by atoms with Crippen LogP contribution >= 0.6 is 0 Å². The van der Waals surface area contributed by atoms with E-state index in [1.807, 2.05) is 24.3 Å². The van der Waals surface area contributed by atoms with E-state index in [0.29, 0.717) is 0 Å².